The Bertz CT molecular complexity index is 1090. The molecule has 0 saturated heterocycles. The van der Waals surface area contributed by atoms with E-state index in [-0.39, 0.29) is 18.4 Å². The summed E-state index contributed by atoms with van der Waals surface area (Å²) in [6.45, 7) is 2.60. The molecule has 2 amide bonds. The van der Waals surface area contributed by atoms with Crippen LogP contribution in [-0.4, -0.2) is 31.5 Å². The third kappa shape index (κ3) is 4.55. The summed E-state index contributed by atoms with van der Waals surface area (Å²) < 4.78 is 11.1. The number of fused-ring (bicyclic) bond motifs is 1. The van der Waals surface area contributed by atoms with E-state index in [2.05, 4.69) is 34.6 Å². The maximum Gasteiger partial charge on any atom is 0.259 e. The molecule has 160 valence electrons. The summed E-state index contributed by atoms with van der Waals surface area (Å²) in [4.78, 5) is 26.6. The average Bonchev–Trinajstić information content (AvgIpc) is 3.37. The number of likely N-dealkylation sites (N-methyl/N-ethyl adjacent to an activating group) is 1. The maximum atomic E-state index is 12.9. The smallest absolute Gasteiger partial charge is 0.259 e. The van der Waals surface area contributed by atoms with E-state index in [4.69, 9.17) is 9.15 Å². The Morgan fingerprint density at radius 3 is 2.84 bits per heavy atom. The first-order chi connectivity index (χ1) is 15.0. The number of anilines is 2. The molecule has 0 aliphatic carbocycles. The summed E-state index contributed by atoms with van der Waals surface area (Å²) in [5.41, 5.74) is 3.56. The first-order valence-corrected chi connectivity index (χ1v) is 10.2. The standard InChI is InChI=1S/C24H25N3O4/c1-16-12-17-6-3-4-9-21(17)27(16)14-22-20(10-11-30-22)24(29)26-18-7-5-8-19(13-18)31-15-23(28)25-2/h3-11,13,16H,12,14-15H2,1-2H3,(H,25,28)(H,26,29). The minimum absolute atomic E-state index is 0.0880. The summed E-state index contributed by atoms with van der Waals surface area (Å²) in [7, 11) is 1.55. The van der Waals surface area contributed by atoms with Gasteiger partial charge in [-0.15, -0.1) is 0 Å². The Hall–Kier alpha value is -3.74. The van der Waals surface area contributed by atoms with Crippen molar-refractivity contribution in [2.45, 2.75) is 25.9 Å². The van der Waals surface area contributed by atoms with Crippen LogP contribution in [0, 0.1) is 0 Å². The van der Waals surface area contributed by atoms with E-state index in [0.717, 1.165) is 6.42 Å². The summed E-state index contributed by atoms with van der Waals surface area (Å²) in [6, 6.07) is 17.3. The molecule has 2 heterocycles. The van der Waals surface area contributed by atoms with Crippen LogP contribution >= 0.6 is 0 Å². The molecular formula is C24H25N3O4. The van der Waals surface area contributed by atoms with E-state index in [0.29, 0.717) is 35.3 Å². The number of ether oxygens (including phenoxy) is 1. The summed E-state index contributed by atoms with van der Waals surface area (Å²) in [5.74, 6) is 0.631. The van der Waals surface area contributed by atoms with E-state index < -0.39 is 0 Å². The second-order valence-electron chi connectivity index (χ2n) is 7.51. The first kappa shape index (κ1) is 20.5. The fourth-order valence-electron chi connectivity index (χ4n) is 3.77. The van der Waals surface area contributed by atoms with Crippen molar-refractivity contribution in [1.82, 2.24) is 5.32 Å². The number of amides is 2. The van der Waals surface area contributed by atoms with E-state index in [9.17, 15) is 9.59 Å². The highest BCUT2D eigenvalue weighted by Crippen LogP contribution is 2.33. The quantitative estimate of drug-likeness (QED) is 0.611. The van der Waals surface area contributed by atoms with Gasteiger partial charge in [-0.1, -0.05) is 24.3 Å². The lowest BCUT2D eigenvalue weighted by atomic mass is 10.1. The number of benzene rings is 2. The van der Waals surface area contributed by atoms with Crippen molar-refractivity contribution in [3.05, 3.63) is 77.7 Å². The number of rotatable bonds is 7. The fourth-order valence-corrected chi connectivity index (χ4v) is 3.77. The molecule has 1 aromatic heterocycles. The topological polar surface area (TPSA) is 83.8 Å². The fraction of sp³-hybridized carbons (Fsp3) is 0.250. The first-order valence-electron chi connectivity index (χ1n) is 10.2. The van der Waals surface area contributed by atoms with Gasteiger partial charge in [-0.25, -0.2) is 0 Å². The number of para-hydroxylation sites is 1. The number of hydrogen-bond donors (Lipinski definition) is 2. The van der Waals surface area contributed by atoms with Crippen LogP contribution in [0.1, 0.15) is 28.6 Å². The van der Waals surface area contributed by atoms with Gasteiger partial charge in [0.05, 0.1) is 18.4 Å². The molecule has 3 aromatic rings. The molecule has 1 aliphatic heterocycles. The minimum Gasteiger partial charge on any atom is -0.484 e. The van der Waals surface area contributed by atoms with Crippen LogP contribution in [0.15, 0.2) is 65.3 Å². The van der Waals surface area contributed by atoms with Crippen LogP contribution in [0.2, 0.25) is 0 Å². The summed E-state index contributed by atoms with van der Waals surface area (Å²) in [6.07, 6.45) is 2.51. The van der Waals surface area contributed by atoms with Crippen molar-refractivity contribution in [2.24, 2.45) is 0 Å². The molecule has 7 nitrogen and oxygen atoms in total. The lowest BCUT2D eigenvalue weighted by Crippen LogP contribution is -2.29. The molecule has 1 aliphatic rings. The van der Waals surface area contributed by atoms with Crippen molar-refractivity contribution < 1.29 is 18.7 Å². The number of nitrogens with zero attached hydrogens (tertiary/aromatic N) is 1. The number of hydrogen-bond acceptors (Lipinski definition) is 5. The molecule has 4 rings (SSSR count). The Balaban J connectivity index is 1.46. The summed E-state index contributed by atoms with van der Waals surface area (Å²) in [5, 5.41) is 5.38. The van der Waals surface area contributed by atoms with Crippen LogP contribution in [0.5, 0.6) is 5.75 Å². The lowest BCUT2D eigenvalue weighted by molar-refractivity contribution is -0.122. The normalized spacial score (nSPS) is 14.8. The van der Waals surface area contributed by atoms with Gasteiger partial charge in [-0.2, -0.15) is 0 Å². The van der Waals surface area contributed by atoms with Crippen LogP contribution < -0.4 is 20.3 Å². The van der Waals surface area contributed by atoms with Gasteiger partial charge in [0.2, 0.25) is 0 Å². The highest BCUT2D eigenvalue weighted by molar-refractivity contribution is 6.05. The monoisotopic (exact) mass is 419 g/mol. The minimum atomic E-state index is -0.257. The molecule has 0 radical (unpaired) electrons. The highest BCUT2D eigenvalue weighted by atomic mass is 16.5. The second-order valence-corrected chi connectivity index (χ2v) is 7.51. The highest BCUT2D eigenvalue weighted by Gasteiger charge is 2.28. The Kier molecular flexibility index (Phi) is 5.93. The van der Waals surface area contributed by atoms with Gasteiger partial charge in [0, 0.05) is 30.5 Å². The zero-order valence-corrected chi connectivity index (χ0v) is 17.6. The number of furan rings is 1. The molecule has 31 heavy (non-hydrogen) atoms. The van der Waals surface area contributed by atoms with Crippen molar-refractivity contribution >= 4 is 23.2 Å². The molecule has 7 heteroatoms. The van der Waals surface area contributed by atoms with Crippen LogP contribution in [0.4, 0.5) is 11.4 Å². The van der Waals surface area contributed by atoms with Crippen LogP contribution in [0.25, 0.3) is 0 Å². The van der Waals surface area contributed by atoms with E-state index in [1.807, 2.05) is 12.1 Å². The van der Waals surface area contributed by atoms with Crippen molar-refractivity contribution in [1.29, 1.82) is 0 Å². The molecule has 2 N–H and O–H groups in total. The van der Waals surface area contributed by atoms with Gasteiger partial charge in [0.25, 0.3) is 11.8 Å². The van der Waals surface area contributed by atoms with Crippen molar-refractivity contribution in [3.63, 3.8) is 0 Å². The van der Waals surface area contributed by atoms with Gasteiger partial charge in [0.15, 0.2) is 6.61 Å². The molecule has 0 bridgehead atoms. The number of carbonyl (C=O) groups is 2. The van der Waals surface area contributed by atoms with E-state index >= 15 is 0 Å². The molecular weight excluding hydrogens is 394 g/mol. The Morgan fingerprint density at radius 1 is 1.16 bits per heavy atom. The second kappa shape index (κ2) is 8.95. The lowest BCUT2D eigenvalue weighted by Gasteiger charge is -2.24. The Labute approximate surface area is 181 Å². The maximum absolute atomic E-state index is 12.9. The molecule has 0 fully saturated rings. The summed E-state index contributed by atoms with van der Waals surface area (Å²) >= 11 is 0. The van der Waals surface area contributed by atoms with Gasteiger partial charge in [-0.3, -0.25) is 9.59 Å². The van der Waals surface area contributed by atoms with E-state index in [1.54, 1.807) is 43.6 Å². The third-order valence-corrected chi connectivity index (χ3v) is 5.39. The molecule has 0 saturated carbocycles. The zero-order valence-electron chi connectivity index (χ0n) is 17.6. The Morgan fingerprint density at radius 2 is 2.00 bits per heavy atom. The predicted molar refractivity (Wildman–Crippen MR) is 118 cm³/mol. The average molecular weight is 419 g/mol. The van der Waals surface area contributed by atoms with Gasteiger partial charge < -0.3 is 24.7 Å². The largest absolute Gasteiger partial charge is 0.484 e. The molecule has 0 spiro atoms. The number of carbonyl (C=O) groups excluding carboxylic acids is 2. The third-order valence-electron chi connectivity index (χ3n) is 5.39. The zero-order chi connectivity index (χ0) is 21.8. The van der Waals surface area contributed by atoms with Crippen molar-refractivity contribution in [2.75, 3.05) is 23.9 Å². The van der Waals surface area contributed by atoms with Gasteiger partial charge in [0.1, 0.15) is 11.5 Å². The van der Waals surface area contributed by atoms with Gasteiger partial charge >= 0.3 is 0 Å². The SMILES string of the molecule is CNC(=O)COc1cccc(NC(=O)c2ccoc2CN2c3ccccc3CC2C)c1. The molecule has 2 aromatic carbocycles. The van der Waals surface area contributed by atoms with Gasteiger partial charge in [-0.05, 0) is 43.2 Å². The van der Waals surface area contributed by atoms with Crippen molar-refractivity contribution in [3.8, 4) is 5.75 Å². The van der Waals surface area contributed by atoms with Crippen LogP contribution in [-0.2, 0) is 17.8 Å². The number of nitrogens with one attached hydrogen (secondary N) is 2. The molecule has 1 unspecified atom stereocenters. The predicted octanol–water partition coefficient (Wildman–Crippen LogP) is 3.61. The van der Waals surface area contributed by atoms with E-state index in [1.165, 1.54) is 11.3 Å². The molecule has 1 atom stereocenters. The van der Waals surface area contributed by atoms with Crippen LogP contribution in [0.3, 0.4) is 0 Å².